The van der Waals surface area contributed by atoms with Gasteiger partial charge in [-0.2, -0.15) is 0 Å². The Morgan fingerprint density at radius 2 is 2.00 bits per heavy atom. The molecule has 2 nitrogen and oxygen atoms in total. The van der Waals surface area contributed by atoms with E-state index in [1.807, 2.05) is 13.2 Å². The lowest BCUT2D eigenvalue weighted by Crippen LogP contribution is -1.91. The Kier molecular flexibility index (Phi) is 2.45. The standard InChI is InChI=1S/C9H9FN2S2/c1-4-6(10)7-9(12-8(4)13-3)14-5(2)11-7/h1-3H3. The van der Waals surface area contributed by atoms with Crippen molar-refractivity contribution in [2.45, 2.75) is 18.9 Å². The van der Waals surface area contributed by atoms with Gasteiger partial charge >= 0.3 is 0 Å². The molecule has 0 saturated heterocycles. The summed E-state index contributed by atoms with van der Waals surface area (Å²) >= 11 is 2.89. The van der Waals surface area contributed by atoms with Crippen LogP contribution in [0, 0.1) is 19.7 Å². The van der Waals surface area contributed by atoms with Crippen molar-refractivity contribution in [1.82, 2.24) is 9.97 Å². The van der Waals surface area contributed by atoms with E-state index in [0.29, 0.717) is 15.9 Å². The van der Waals surface area contributed by atoms with Crippen molar-refractivity contribution in [2.75, 3.05) is 6.26 Å². The highest BCUT2D eigenvalue weighted by Crippen LogP contribution is 2.29. The highest BCUT2D eigenvalue weighted by molar-refractivity contribution is 7.98. The molecule has 0 aliphatic heterocycles. The van der Waals surface area contributed by atoms with Crippen molar-refractivity contribution >= 4 is 33.4 Å². The zero-order valence-corrected chi connectivity index (χ0v) is 9.72. The number of thiazole rings is 1. The molecule has 2 rings (SSSR count). The van der Waals surface area contributed by atoms with Gasteiger partial charge in [-0.05, 0) is 20.1 Å². The largest absolute Gasteiger partial charge is 0.237 e. The zero-order valence-electron chi connectivity index (χ0n) is 8.09. The molecule has 0 radical (unpaired) electrons. The molecule has 5 heteroatoms. The number of aryl methyl sites for hydroxylation is 1. The molecule has 0 aromatic carbocycles. The summed E-state index contributed by atoms with van der Waals surface area (Å²) in [5.74, 6) is -0.233. The predicted molar refractivity (Wildman–Crippen MR) is 58.6 cm³/mol. The maximum atomic E-state index is 13.7. The Bertz CT molecular complexity index is 493. The Balaban J connectivity index is 2.84. The van der Waals surface area contributed by atoms with Gasteiger partial charge in [0, 0.05) is 5.56 Å². The van der Waals surface area contributed by atoms with Gasteiger partial charge in [0.25, 0.3) is 0 Å². The third-order valence-electron chi connectivity index (χ3n) is 1.97. The molecule has 14 heavy (non-hydrogen) atoms. The van der Waals surface area contributed by atoms with Gasteiger partial charge in [-0.15, -0.1) is 11.8 Å². The summed E-state index contributed by atoms with van der Waals surface area (Å²) in [5.41, 5.74) is 0.998. The minimum absolute atomic E-state index is 0.233. The van der Waals surface area contributed by atoms with Crippen molar-refractivity contribution in [1.29, 1.82) is 0 Å². The second kappa shape index (κ2) is 3.47. The molecule has 2 heterocycles. The van der Waals surface area contributed by atoms with Gasteiger partial charge < -0.3 is 0 Å². The van der Waals surface area contributed by atoms with Crippen LogP contribution in [-0.2, 0) is 0 Å². The number of hydrogen-bond acceptors (Lipinski definition) is 4. The molecule has 0 atom stereocenters. The first-order valence-corrected chi connectivity index (χ1v) is 6.15. The summed E-state index contributed by atoms with van der Waals surface area (Å²) in [6.07, 6.45) is 1.90. The fraction of sp³-hybridized carbons (Fsp3) is 0.333. The molecule has 0 N–H and O–H groups in total. The Morgan fingerprint density at radius 1 is 1.29 bits per heavy atom. The molecule has 2 aromatic rings. The lowest BCUT2D eigenvalue weighted by atomic mass is 10.3. The molecule has 0 saturated carbocycles. The Labute approximate surface area is 89.6 Å². The van der Waals surface area contributed by atoms with Gasteiger partial charge in [0.1, 0.15) is 15.4 Å². The second-order valence-corrected chi connectivity index (χ2v) is 4.92. The SMILES string of the molecule is CSc1nc2sc(C)nc2c(F)c1C. The molecular formula is C9H9FN2S2. The smallest absolute Gasteiger partial charge is 0.157 e. The molecule has 0 spiro atoms. The number of fused-ring (bicyclic) bond motifs is 1. The second-order valence-electron chi connectivity index (χ2n) is 2.95. The molecule has 0 unspecified atom stereocenters. The van der Waals surface area contributed by atoms with Gasteiger partial charge in [0.05, 0.1) is 5.01 Å². The van der Waals surface area contributed by atoms with Crippen molar-refractivity contribution in [3.05, 3.63) is 16.4 Å². The maximum absolute atomic E-state index is 13.7. The minimum Gasteiger partial charge on any atom is -0.237 e. The van der Waals surface area contributed by atoms with Crippen LogP contribution in [0.2, 0.25) is 0 Å². The third-order valence-corrected chi connectivity index (χ3v) is 3.62. The van der Waals surface area contributed by atoms with E-state index in [0.717, 1.165) is 10.0 Å². The lowest BCUT2D eigenvalue weighted by molar-refractivity contribution is 0.620. The average Bonchev–Trinajstić information content (AvgIpc) is 2.52. The topological polar surface area (TPSA) is 25.8 Å². The zero-order chi connectivity index (χ0) is 10.3. The van der Waals surface area contributed by atoms with Crippen LogP contribution >= 0.6 is 23.1 Å². The van der Waals surface area contributed by atoms with E-state index in [2.05, 4.69) is 9.97 Å². The van der Waals surface area contributed by atoms with E-state index >= 15 is 0 Å². The van der Waals surface area contributed by atoms with Crippen molar-refractivity contribution in [2.24, 2.45) is 0 Å². The summed E-state index contributed by atoms with van der Waals surface area (Å²) in [4.78, 5) is 9.16. The normalized spacial score (nSPS) is 11.1. The van der Waals surface area contributed by atoms with Gasteiger partial charge in [-0.25, -0.2) is 14.4 Å². The van der Waals surface area contributed by atoms with Crippen LogP contribution in [-0.4, -0.2) is 16.2 Å². The number of nitrogens with zero attached hydrogens (tertiary/aromatic N) is 2. The quantitative estimate of drug-likeness (QED) is 0.701. The minimum atomic E-state index is -0.233. The number of hydrogen-bond donors (Lipinski definition) is 0. The van der Waals surface area contributed by atoms with Crippen molar-refractivity contribution in [3.8, 4) is 0 Å². The molecule has 0 amide bonds. The van der Waals surface area contributed by atoms with Crippen LogP contribution in [0.3, 0.4) is 0 Å². The first-order chi connectivity index (χ1) is 6.63. The molecule has 2 aromatic heterocycles. The van der Waals surface area contributed by atoms with E-state index in [-0.39, 0.29) is 5.82 Å². The summed E-state index contributed by atoms with van der Waals surface area (Å²) in [6, 6.07) is 0. The average molecular weight is 228 g/mol. The molecule has 0 fully saturated rings. The molecule has 0 aliphatic carbocycles. The van der Waals surface area contributed by atoms with Gasteiger partial charge in [-0.1, -0.05) is 11.3 Å². The summed E-state index contributed by atoms with van der Waals surface area (Å²) < 4.78 is 13.7. The predicted octanol–water partition coefficient (Wildman–Crippen LogP) is 3.17. The molecule has 0 bridgehead atoms. The van der Waals surface area contributed by atoms with E-state index in [1.165, 1.54) is 23.1 Å². The van der Waals surface area contributed by atoms with Crippen molar-refractivity contribution < 1.29 is 4.39 Å². The Morgan fingerprint density at radius 3 is 2.64 bits per heavy atom. The monoisotopic (exact) mass is 228 g/mol. The van der Waals surface area contributed by atoms with Crippen LogP contribution < -0.4 is 0 Å². The summed E-state index contributed by atoms with van der Waals surface area (Å²) in [5, 5.41) is 1.60. The van der Waals surface area contributed by atoms with E-state index in [1.54, 1.807) is 6.92 Å². The Hall–Kier alpha value is -0.680. The van der Waals surface area contributed by atoms with Gasteiger partial charge in [0.2, 0.25) is 0 Å². The number of pyridine rings is 1. The summed E-state index contributed by atoms with van der Waals surface area (Å²) in [6.45, 7) is 3.60. The third kappa shape index (κ3) is 1.40. The van der Waals surface area contributed by atoms with E-state index < -0.39 is 0 Å². The molecular weight excluding hydrogens is 219 g/mol. The van der Waals surface area contributed by atoms with Gasteiger partial charge in [-0.3, -0.25) is 0 Å². The van der Waals surface area contributed by atoms with Crippen molar-refractivity contribution in [3.63, 3.8) is 0 Å². The lowest BCUT2D eigenvalue weighted by Gasteiger charge is -2.02. The highest BCUT2D eigenvalue weighted by atomic mass is 32.2. The fourth-order valence-corrected chi connectivity index (χ4v) is 2.70. The van der Waals surface area contributed by atoms with E-state index in [4.69, 9.17) is 0 Å². The first-order valence-electron chi connectivity index (χ1n) is 4.10. The van der Waals surface area contributed by atoms with Gasteiger partial charge in [0.15, 0.2) is 5.82 Å². The fourth-order valence-electron chi connectivity index (χ4n) is 1.28. The van der Waals surface area contributed by atoms with Crippen LogP contribution in [0.25, 0.3) is 10.3 Å². The first kappa shape index (κ1) is 9.86. The molecule has 74 valence electrons. The van der Waals surface area contributed by atoms with Crippen LogP contribution in [0.1, 0.15) is 10.6 Å². The number of aromatic nitrogens is 2. The van der Waals surface area contributed by atoms with E-state index in [9.17, 15) is 4.39 Å². The number of thioether (sulfide) groups is 1. The van der Waals surface area contributed by atoms with Crippen LogP contribution in [0.4, 0.5) is 4.39 Å². The highest BCUT2D eigenvalue weighted by Gasteiger charge is 2.14. The van der Waals surface area contributed by atoms with Crippen LogP contribution in [0.15, 0.2) is 5.03 Å². The number of rotatable bonds is 1. The van der Waals surface area contributed by atoms with Crippen LogP contribution in [0.5, 0.6) is 0 Å². The maximum Gasteiger partial charge on any atom is 0.157 e. The number of halogens is 1. The summed E-state index contributed by atoms with van der Waals surface area (Å²) in [7, 11) is 0. The molecule has 0 aliphatic rings.